The van der Waals surface area contributed by atoms with Gasteiger partial charge in [0.25, 0.3) is 0 Å². The summed E-state index contributed by atoms with van der Waals surface area (Å²) >= 11 is 0. The summed E-state index contributed by atoms with van der Waals surface area (Å²) in [6, 6.07) is 0. The van der Waals surface area contributed by atoms with E-state index in [4.69, 9.17) is 29.2 Å². The first-order chi connectivity index (χ1) is 12.1. The number of rotatable bonds is 6. The van der Waals surface area contributed by atoms with E-state index in [0.717, 1.165) is 27.7 Å². The van der Waals surface area contributed by atoms with Crippen molar-refractivity contribution in [1.82, 2.24) is 0 Å². The van der Waals surface area contributed by atoms with E-state index in [0.29, 0.717) is 0 Å². The Balaban J connectivity index is 3.28. The second-order valence-electron chi connectivity index (χ2n) is 5.29. The SMILES string of the molecule is CC(=O)OCC1O[C@H](N=[N+]=[N-])C(OC(C)=O)C(OC(C)=O)[C@@H]1OC(C)=O. The minimum absolute atomic E-state index is 0.380. The van der Waals surface area contributed by atoms with Crippen LogP contribution in [0.1, 0.15) is 27.7 Å². The van der Waals surface area contributed by atoms with Crippen molar-refractivity contribution in [3.8, 4) is 0 Å². The van der Waals surface area contributed by atoms with E-state index in [1.807, 2.05) is 0 Å². The largest absolute Gasteiger partial charge is 0.463 e. The molecule has 1 heterocycles. The third kappa shape index (κ3) is 6.22. The molecule has 0 N–H and O–H groups in total. The lowest BCUT2D eigenvalue weighted by Gasteiger charge is -2.43. The molecule has 3 unspecified atom stereocenters. The minimum Gasteiger partial charge on any atom is -0.463 e. The number of esters is 4. The molecule has 5 atom stereocenters. The molecule has 0 aliphatic carbocycles. The minimum atomic E-state index is -1.40. The summed E-state index contributed by atoms with van der Waals surface area (Å²) in [4.78, 5) is 48.0. The number of hydrogen-bond donors (Lipinski definition) is 0. The molecule has 0 aromatic heterocycles. The van der Waals surface area contributed by atoms with Crippen molar-refractivity contribution < 1.29 is 42.9 Å². The number of carbonyl (C=O) groups excluding carboxylic acids is 4. The fraction of sp³-hybridized carbons (Fsp3) is 0.714. The molecule has 1 rings (SSSR count). The highest BCUT2D eigenvalue weighted by Gasteiger charge is 2.51. The summed E-state index contributed by atoms with van der Waals surface area (Å²) in [6.07, 6.45) is -6.52. The van der Waals surface area contributed by atoms with Crippen LogP contribution in [0.5, 0.6) is 0 Å². The van der Waals surface area contributed by atoms with Crippen LogP contribution in [0.3, 0.4) is 0 Å². The van der Waals surface area contributed by atoms with Gasteiger partial charge in [-0.1, -0.05) is 5.11 Å². The Labute approximate surface area is 148 Å². The van der Waals surface area contributed by atoms with Gasteiger partial charge in [-0.15, -0.1) is 0 Å². The Hall–Kier alpha value is -2.85. The fourth-order valence-corrected chi connectivity index (χ4v) is 2.35. The zero-order valence-electron chi connectivity index (χ0n) is 14.6. The smallest absolute Gasteiger partial charge is 0.303 e. The standard InChI is InChI=1S/C14H19N3O9/c1-6(18)22-5-10-11(23-7(2)19)12(24-8(3)20)13(25-9(4)21)14(26-10)16-17-15/h10-14H,5H2,1-4H3/t10?,11-,12?,13?,14+/m1/s1. The number of azide groups is 1. The van der Waals surface area contributed by atoms with Crippen molar-refractivity contribution in [2.75, 3.05) is 6.61 Å². The van der Waals surface area contributed by atoms with Crippen LogP contribution in [0.2, 0.25) is 0 Å². The molecule has 1 saturated heterocycles. The summed E-state index contributed by atoms with van der Waals surface area (Å²) < 4.78 is 25.6. The van der Waals surface area contributed by atoms with Crippen LogP contribution in [-0.2, 0) is 42.9 Å². The molecule has 0 amide bonds. The number of nitrogens with zero attached hydrogens (tertiary/aromatic N) is 3. The molecular weight excluding hydrogens is 354 g/mol. The first-order valence-electron chi connectivity index (χ1n) is 7.50. The Morgan fingerprint density at radius 2 is 1.38 bits per heavy atom. The fourth-order valence-electron chi connectivity index (χ4n) is 2.35. The van der Waals surface area contributed by atoms with Gasteiger partial charge in [0.15, 0.2) is 24.5 Å². The highest BCUT2D eigenvalue weighted by Crippen LogP contribution is 2.29. The quantitative estimate of drug-likeness (QED) is 0.210. The Morgan fingerprint density at radius 1 is 0.885 bits per heavy atom. The molecule has 0 spiro atoms. The molecule has 0 bridgehead atoms. The van der Waals surface area contributed by atoms with Crippen LogP contribution in [0.4, 0.5) is 0 Å². The monoisotopic (exact) mass is 373 g/mol. The Morgan fingerprint density at radius 3 is 1.85 bits per heavy atom. The normalized spacial score (nSPS) is 27.5. The summed E-state index contributed by atoms with van der Waals surface area (Å²) in [5, 5.41) is 3.38. The molecule has 1 aliphatic heterocycles. The van der Waals surface area contributed by atoms with Crippen molar-refractivity contribution in [1.29, 1.82) is 0 Å². The second kappa shape index (κ2) is 9.59. The van der Waals surface area contributed by atoms with E-state index in [1.165, 1.54) is 0 Å². The number of hydrogen-bond acceptors (Lipinski definition) is 10. The summed E-state index contributed by atoms with van der Waals surface area (Å²) in [5.41, 5.74) is 8.71. The second-order valence-corrected chi connectivity index (χ2v) is 5.29. The Bertz CT molecular complexity index is 617. The van der Waals surface area contributed by atoms with Gasteiger partial charge in [0.2, 0.25) is 0 Å². The third-order valence-electron chi connectivity index (χ3n) is 3.13. The number of carbonyl (C=O) groups is 4. The lowest BCUT2D eigenvalue weighted by atomic mass is 9.97. The van der Waals surface area contributed by atoms with Crippen molar-refractivity contribution in [2.24, 2.45) is 5.11 Å². The van der Waals surface area contributed by atoms with E-state index in [9.17, 15) is 19.2 Å². The van der Waals surface area contributed by atoms with E-state index < -0.39 is 54.5 Å². The molecule has 0 saturated carbocycles. The third-order valence-corrected chi connectivity index (χ3v) is 3.13. The highest BCUT2D eigenvalue weighted by atomic mass is 16.7. The van der Waals surface area contributed by atoms with Crippen LogP contribution < -0.4 is 0 Å². The highest BCUT2D eigenvalue weighted by molar-refractivity contribution is 5.68. The summed E-state index contributed by atoms with van der Waals surface area (Å²) in [6.45, 7) is 4.06. The topological polar surface area (TPSA) is 163 Å². The predicted octanol–water partition coefficient (Wildman–Crippen LogP) is 0.380. The molecule has 12 nitrogen and oxygen atoms in total. The molecule has 1 aliphatic rings. The first kappa shape index (κ1) is 21.2. The molecule has 0 aromatic rings. The maximum absolute atomic E-state index is 11.5. The Kier molecular flexibility index (Phi) is 7.81. The summed E-state index contributed by atoms with van der Waals surface area (Å²) in [5.74, 6) is -2.92. The van der Waals surface area contributed by atoms with Crippen LogP contribution in [0.25, 0.3) is 10.4 Å². The summed E-state index contributed by atoms with van der Waals surface area (Å²) in [7, 11) is 0. The zero-order chi connectivity index (χ0) is 19.9. The van der Waals surface area contributed by atoms with Gasteiger partial charge < -0.3 is 23.7 Å². The van der Waals surface area contributed by atoms with Gasteiger partial charge in [-0.3, -0.25) is 19.2 Å². The van der Waals surface area contributed by atoms with Gasteiger partial charge in [-0.25, -0.2) is 0 Å². The van der Waals surface area contributed by atoms with Crippen molar-refractivity contribution in [2.45, 2.75) is 58.3 Å². The van der Waals surface area contributed by atoms with E-state index in [2.05, 4.69) is 10.0 Å². The zero-order valence-corrected chi connectivity index (χ0v) is 14.6. The molecule has 144 valence electrons. The van der Waals surface area contributed by atoms with Gasteiger partial charge in [0, 0.05) is 32.6 Å². The van der Waals surface area contributed by atoms with Gasteiger partial charge in [0.1, 0.15) is 12.7 Å². The maximum Gasteiger partial charge on any atom is 0.303 e. The average molecular weight is 373 g/mol. The van der Waals surface area contributed by atoms with E-state index in [-0.39, 0.29) is 6.61 Å². The first-order valence-corrected chi connectivity index (χ1v) is 7.50. The van der Waals surface area contributed by atoms with Gasteiger partial charge in [-0.2, -0.15) is 0 Å². The van der Waals surface area contributed by atoms with Crippen molar-refractivity contribution in [3.05, 3.63) is 10.4 Å². The molecule has 1 fully saturated rings. The van der Waals surface area contributed by atoms with Crippen LogP contribution in [0.15, 0.2) is 5.11 Å². The van der Waals surface area contributed by atoms with Crippen LogP contribution >= 0.6 is 0 Å². The molecule has 0 aromatic carbocycles. The molecular formula is C14H19N3O9. The van der Waals surface area contributed by atoms with E-state index >= 15 is 0 Å². The van der Waals surface area contributed by atoms with Crippen LogP contribution in [-0.4, -0.2) is 61.1 Å². The lowest BCUT2D eigenvalue weighted by Crippen LogP contribution is -2.61. The molecule has 12 heteroatoms. The number of ether oxygens (including phenoxy) is 5. The lowest BCUT2D eigenvalue weighted by molar-refractivity contribution is -0.251. The van der Waals surface area contributed by atoms with Crippen molar-refractivity contribution in [3.63, 3.8) is 0 Å². The van der Waals surface area contributed by atoms with Gasteiger partial charge in [-0.05, 0) is 5.53 Å². The van der Waals surface area contributed by atoms with E-state index in [1.54, 1.807) is 0 Å². The average Bonchev–Trinajstić information content (AvgIpc) is 2.50. The van der Waals surface area contributed by atoms with Gasteiger partial charge >= 0.3 is 23.9 Å². The predicted molar refractivity (Wildman–Crippen MR) is 81.1 cm³/mol. The maximum atomic E-state index is 11.5. The van der Waals surface area contributed by atoms with Gasteiger partial charge in [0.05, 0.1) is 0 Å². The van der Waals surface area contributed by atoms with Crippen molar-refractivity contribution >= 4 is 23.9 Å². The van der Waals surface area contributed by atoms with Crippen LogP contribution in [0, 0.1) is 0 Å². The molecule has 26 heavy (non-hydrogen) atoms. The molecule has 0 radical (unpaired) electrons.